The highest BCUT2D eigenvalue weighted by atomic mass is 35.5. The lowest BCUT2D eigenvalue weighted by molar-refractivity contribution is 0.125. The van der Waals surface area contributed by atoms with Crippen molar-refractivity contribution in [2.45, 2.75) is 44.1 Å². The fraction of sp³-hybridized carbons (Fsp3) is 0.727. The van der Waals surface area contributed by atoms with E-state index in [4.69, 9.17) is 11.6 Å². The number of hydrogen-bond acceptors (Lipinski definition) is 3. The van der Waals surface area contributed by atoms with Gasteiger partial charge in [0.1, 0.15) is 6.10 Å². The number of thioether (sulfide) groups is 1. The fourth-order valence-electron chi connectivity index (χ4n) is 2.20. The van der Waals surface area contributed by atoms with Gasteiger partial charge in [0, 0.05) is 11.3 Å². The molecule has 0 radical (unpaired) electrons. The number of aryl methyl sites for hydroxylation is 1. The third kappa shape index (κ3) is 1.98. The molecule has 16 heavy (non-hydrogen) atoms. The molecule has 1 aromatic heterocycles. The van der Waals surface area contributed by atoms with Crippen LogP contribution in [-0.4, -0.2) is 25.4 Å². The lowest BCUT2D eigenvalue weighted by Crippen LogP contribution is -2.28. The Bertz CT molecular complexity index is 374. The largest absolute Gasteiger partial charge is 0.385 e. The van der Waals surface area contributed by atoms with Gasteiger partial charge >= 0.3 is 0 Å². The van der Waals surface area contributed by atoms with E-state index in [1.165, 1.54) is 0 Å². The van der Waals surface area contributed by atoms with E-state index in [1.807, 2.05) is 18.7 Å². The van der Waals surface area contributed by atoms with Crippen LogP contribution in [0.15, 0.2) is 6.20 Å². The number of rotatable bonds is 3. The molecular formula is C11H17ClN2OS. The van der Waals surface area contributed by atoms with Gasteiger partial charge in [0.25, 0.3) is 0 Å². The van der Waals surface area contributed by atoms with Crippen molar-refractivity contribution >= 4 is 23.4 Å². The lowest BCUT2D eigenvalue weighted by Gasteiger charge is -2.29. The third-order valence-corrected chi connectivity index (χ3v) is 5.09. The summed E-state index contributed by atoms with van der Waals surface area (Å²) in [6, 6.07) is 0. The molecule has 1 aliphatic heterocycles. The number of aromatic nitrogens is 2. The first-order valence-corrected chi connectivity index (χ1v) is 6.98. The summed E-state index contributed by atoms with van der Waals surface area (Å²) >= 11 is 7.94. The van der Waals surface area contributed by atoms with Gasteiger partial charge in [0.05, 0.1) is 16.9 Å². The first-order valence-electron chi connectivity index (χ1n) is 5.61. The summed E-state index contributed by atoms with van der Waals surface area (Å²) in [7, 11) is 0. The number of aliphatic hydroxyl groups is 1. The van der Waals surface area contributed by atoms with Crippen LogP contribution in [0.1, 0.15) is 38.5 Å². The van der Waals surface area contributed by atoms with E-state index in [-0.39, 0.29) is 4.75 Å². The Hall–Kier alpha value is -0.190. The molecule has 3 nitrogen and oxygen atoms in total. The summed E-state index contributed by atoms with van der Waals surface area (Å²) in [5.41, 5.74) is 0.765. The molecule has 1 N–H and O–H groups in total. The van der Waals surface area contributed by atoms with Gasteiger partial charge in [0.15, 0.2) is 0 Å². The van der Waals surface area contributed by atoms with Crippen molar-refractivity contribution in [2.75, 3.05) is 5.75 Å². The summed E-state index contributed by atoms with van der Waals surface area (Å²) in [5.74, 6) is 1.12. The first-order chi connectivity index (χ1) is 7.58. The summed E-state index contributed by atoms with van der Waals surface area (Å²) in [5, 5.41) is 15.2. The molecule has 90 valence electrons. The molecule has 0 bridgehead atoms. The van der Waals surface area contributed by atoms with E-state index in [2.05, 4.69) is 12.0 Å². The Kier molecular flexibility index (Phi) is 3.52. The van der Waals surface area contributed by atoms with E-state index in [9.17, 15) is 5.11 Å². The second-order valence-corrected chi connectivity index (χ2v) is 6.40. The molecule has 2 rings (SSSR count). The zero-order chi connectivity index (χ0) is 11.8. The highest BCUT2D eigenvalue weighted by molar-refractivity contribution is 8.00. The molecule has 1 aliphatic rings. The molecule has 1 aromatic rings. The quantitative estimate of drug-likeness (QED) is 0.908. The third-order valence-electron chi connectivity index (χ3n) is 3.22. The molecule has 0 aromatic carbocycles. The van der Waals surface area contributed by atoms with Gasteiger partial charge in [-0.2, -0.15) is 16.9 Å². The van der Waals surface area contributed by atoms with Crippen LogP contribution >= 0.6 is 23.4 Å². The van der Waals surface area contributed by atoms with E-state index >= 15 is 0 Å². The van der Waals surface area contributed by atoms with Crippen LogP contribution in [0.25, 0.3) is 0 Å². The maximum Gasteiger partial charge on any atom is 0.111 e. The Morgan fingerprint density at radius 3 is 3.06 bits per heavy atom. The van der Waals surface area contributed by atoms with Crippen LogP contribution in [0.4, 0.5) is 0 Å². The van der Waals surface area contributed by atoms with Crippen molar-refractivity contribution in [3.05, 3.63) is 16.9 Å². The van der Waals surface area contributed by atoms with Gasteiger partial charge in [-0.1, -0.05) is 11.6 Å². The molecule has 0 aliphatic carbocycles. The minimum absolute atomic E-state index is 0.114. The van der Waals surface area contributed by atoms with E-state index in [0.29, 0.717) is 5.02 Å². The number of nitrogens with zero attached hydrogens (tertiary/aromatic N) is 2. The molecule has 2 atom stereocenters. The van der Waals surface area contributed by atoms with E-state index in [1.54, 1.807) is 10.9 Å². The van der Waals surface area contributed by atoms with Crippen molar-refractivity contribution in [1.29, 1.82) is 0 Å². The molecule has 0 spiro atoms. The highest BCUT2D eigenvalue weighted by Crippen LogP contribution is 2.47. The zero-order valence-electron chi connectivity index (χ0n) is 9.61. The molecule has 5 heteroatoms. The molecular weight excluding hydrogens is 244 g/mol. The van der Waals surface area contributed by atoms with E-state index < -0.39 is 6.10 Å². The molecule has 2 unspecified atom stereocenters. The standard InChI is InChI=1S/C11H17ClN2OS/c1-3-14-9(8(12)7-13-14)10(15)11(2)5-4-6-16-11/h7,10,15H,3-6H2,1-2H3. The molecule has 1 saturated heterocycles. The SMILES string of the molecule is CCn1ncc(Cl)c1C(O)C1(C)CCCS1. The predicted molar refractivity (Wildman–Crippen MR) is 68.0 cm³/mol. The van der Waals surface area contributed by atoms with Crippen LogP contribution in [0, 0.1) is 0 Å². The summed E-state index contributed by atoms with van der Waals surface area (Å²) in [6.07, 6.45) is 3.28. The van der Waals surface area contributed by atoms with E-state index in [0.717, 1.165) is 30.8 Å². The first kappa shape index (κ1) is 12.3. The van der Waals surface area contributed by atoms with Crippen molar-refractivity contribution in [3.8, 4) is 0 Å². The van der Waals surface area contributed by atoms with Gasteiger partial charge in [-0.05, 0) is 32.4 Å². The highest BCUT2D eigenvalue weighted by Gasteiger charge is 2.40. The Labute approximate surface area is 105 Å². The molecule has 1 fully saturated rings. The molecule has 0 amide bonds. The molecule has 2 heterocycles. The second kappa shape index (κ2) is 4.59. The lowest BCUT2D eigenvalue weighted by atomic mass is 9.96. The van der Waals surface area contributed by atoms with Crippen LogP contribution in [0.2, 0.25) is 5.02 Å². The van der Waals surface area contributed by atoms with Gasteiger partial charge in [0.2, 0.25) is 0 Å². The maximum absolute atomic E-state index is 10.5. The number of aliphatic hydroxyl groups excluding tert-OH is 1. The minimum atomic E-state index is -0.532. The van der Waals surface area contributed by atoms with Gasteiger partial charge in [-0.3, -0.25) is 4.68 Å². The fourth-order valence-corrected chi connectivity index (χ4v) is 3.76. The van der Waals surface area contributed by atoms with Crippen molar-refractivity contribution < 1.29 is 5.11 Å². The number of hydrogen-bond donors (Lipinski definition) is 1. The van der Waals surface area contributed by atoms with Gasteiger partial charge in [-0.25, -0.2) is 0 Å². The molecule has 0 saturated carbocycles. The van der Waals surface area contributed by atoms with Crippen LogP contribution in [0.5, 0.6) is 0 Å². The normalized spacial score (nSPS) is 27.2. The van der Waals surface area contributed by atoms with Crippen LogP contribution in [-0.2, 0) is 6.54 Å². The summed E-state index contributed by atoms with van der Waals surface area (Å²) in [4.78, 5) is 0. The summed E-state index contributed by atoms with van der Waals surface area (Å²) in [6.45, 7) is 4.85. The van der Waals surface area contributed by atoms with Crippen molar-refractivity contribution in [3.63, 3.8) is 0 Å². The predicted octanol–water partition coefficient (Wildman–Crippen LogP) is 2.88. The number of halogens is 1. The van der Waals surface area contributed by atoms with Crippen molar-refractivity contribution in [1.82, 2.24) is 9.78 Å². The monoisotopic (exact) mass is 260 g/mol. The topological polar surface area (TPSA) is 38.0 Å². The Morgan fingerprint density at radius 1 is 1.75 bits per heavy atom. The summed E-state index contributed by atoms with van der Waals surface area (Å²) < 4.78 is 1.67. The maximum atomic E-state index is 10.5. The smallest absolute Gasteiger partial charge is 0.111 e. The second-order valence-electron chi connectivity index (χ2n) is 4.36. The Balaban J connectivity index is 2.32. The minimum Gasteiger partial charge on any atom is -0.385 e. The zero-order valence-corrected chi connectivity index (χ0v) is 11.2. The van der Waals surface area contributed by atoms with Crippen LogP contribution < -0.4 is 0 Å². The van der Waals surface area contributed by atoms with Gasteiger partial charge < -0.3 is 5.11 Å². The Morgan fingerprint density at radius 2 is 2.50 bits per heavy atom. The van der Waals surface area contributed by atoms with Crippen LogP contribution in [0.3, 0.4) is 0 Å². The van der Waals surface area contributed by atoms with Gasteiger partial charge in [-0.15, -0.1) is 0 Å². The average Bonchev–Trinajstić information content (AvgIpc) is 2.85. The van der Waals surface area contributed by atoms with Crippen molar-refractivity contribution in [2.24, 2.45) is 0 Å². The average molecular weight is 261 g/mol.